The number of hydrogen-bond donors (Lipinski definition) is 0. The molecule has 0 aliphatic rings. The van der Waals surface area contributed by atoms with Crippen LogP contribution in [-0.2, 0) is 0 Å². The van der Waals surface area contributed by atoms with Gasteiger partial charge in [0.25, 0.3) is 0 Å². The fourth-order valence-electron chi connectivity index (χ4n) is 5.75. The number of aromatic nitrogens is 1. The summed E-state index contributed by atoms with van der Waals surface area (Å²) in [7, 11) is 0. The molecule has 0 spiro atoms. The minimum absolute atomic E-state index is 0.754. The summed E-state index contributed by atoms with van der Waals surface area (Å²) in [4.78, 5) is 5.63. The third-order valence-electron chi connectivity index (χ3n) is 8.04. The molecule has 0 atom stereocenters. The molecule has 0 saturated carbocycles. The summed E-state index contributed by atoms with van der Waals surface area (Å²) in [6.07, 6.45) is 1.87. The molecular weight excluding hydrogens is 550 g/mol. The maximum Gasteiger partial charge on any atom is 0.124 e. The number of hydrogen-bond acceptors (Lipinski definition) is 2. The van der Waals surface area contributed by atoms with E-state index in [0.29, 0.717) is 0 Å². The summed E-state index contributed by atoms with van der Waals surface area (Å²) < 4.78 is 1.28. The van der Waals surface area contributed by atoms with E-state index in [1.165, 1.54) is 65.2 Å². The van der Waals surface area contributed by atoms with E-state index in [9.17, 15) is 0 Å². The lowest BCUT2D eigenvalue weighted by Crippen LogP contribution is -1.84. The van der Waals surface area contributed by atoms with Crippen molar-refractivity contribution < 1.29 is 0 Å². The van der Waals surface area contributed by atoms with E-state index in [2.05, 4.69) is 126 Å². The number of fused-ring (bicyclic) bond motifs is 4. The van der Waals surface area contributed by atoms with Gasteiger partial charge < -0.3 is 0 Å². The standard InChI is InChI=1S/C39H24ClNS/c40-35-18-15-26(16-19-35)25-3-5-27(6-4-25)31-13-11-30-12-14-32(23-34(30)22-31)28-7-9-29(10-8-28)33-17-20-38-37(24-33)36-2-1-21-41-39(36)42-38/h1-24H. The van der Waals surface area contributed by atoms with E-state index >= 15 is 0 Å². The molecule has 0 fully saturated rings. The quantitative estimate of drug-likeness (QED) is 0.204. The van der Waals surface area contributed by atoms with Gasteiger partial charge in [0.15, 0.2) is 0 Å². The zero-order valence-corrected chi connectivity index (χ0v) is 24.2. The second kappa shape index (κ2) is 10.3. The van der Waals surface area contributed by atoms with Crippen LogP contribution in [0.3, 0.4) is 0 Å². The van der Waals surface area contributed by atoms with Gasteiger partial charge in [0.1, 0.15) is 4.83 Å². The molecule has 3 heteroatoms. The van der Waals surface area contributed by atoms with E-state index in [1.54, 1.807) is 11.3 Å². The summed E-state index contributed by atoms with van der Waals surface area (Å²) in [5, 5.41) is 5.73. The molecule has 0 aliphatic heterocycles. The first-order valence-electron chi connectivity index (χ1n) is 14.0. The van der Waals surface area contributed by atoms with Crippen molar-refractivity contribution in [1.82, 2.24) is 4.98 Å². The van der Waals surface area contributed by atoms with Crippen molar-refractivity contribution in [3.63, 3.8) is 0 Å². The zero-order valence-electron chi connectivity index (χ0n) is 22.6. The fourth-order valence-corrected chi connectivity index (χ4v) is 6.90. The van der Waals surface area contributed by atoms with Crippen molar-refractivity contribution in [3.8, 4) is 44.5 Å². The van der Waals surface area contributed by atoms with Gasteiger partial charge in [-0.15, -0.1) is 11.3 Å². The normalized spacial score (nSPS) is 11.5. The molecule has 0 aliphatic carbocycles. The first-order valence-corrected chi connectivity index (χ1v) is 15.2. The largest absolute Gasteiger partial charge is 0.245 e. The van der Waals surface area contributed by atoms with Crippen LogP contribution in [0.4, 0.5) is 0 Å². The number of halogens is 1. The monoisotopic (exact) mass is 573 g/mol. The van der Waals surface area contributed by atoms with Gasteiger partial charge in [-0.3, -0.25) is 0 Å². The Morgan fingerprint density at radius 3 is 1.50 bits per heavy atom. The van der Waals surface area contributed by atoms with Crippen molar-refractivity contribution in [2.75, 3.05) is 0 Å². The average molecular weight is 574 g/mol. The van der Waals surface area contributed by atoms with Crippen molar-refractivity contribution in [1.29, 1.82) is 0 Å². The predicted octanol–water partition coefficient (Wildman–Crippen LogP) is 11.9. The number of pyridine rings is 1. The van der Waals surface area contributed by atoms with Crippen LogP contribution in [0.1, 0.15) is 0 Å². The lowest BCUT2D eigenvalue weighted by molar-refractivity contribution is 1.45. The highest BCUT2D eigenvalue weighted by atomic mass is 35.5. The highest BCUT2D eigenvalue weighted by Crippen LogP contribution is 2.36. The van der Waals surface area contributed by atoms with Gasteiger partial charge in [-0.2, -0.15) is 0 Å². The summed E-state index contributed by atoms with van der Waals surface area (Å²) >= 11 is 7.81. The van der Waals surface area contributed by atoms with Crippen molar-refractivity contribution in [2.24, 2.45) is 0 Å². The van der Waals surface area contributed by atoms with Crippen LogP contribution in [0.5, 0.6) is 0 Å². The Kier molecular flexibility index (Phi) is 6.10. The van der Waals surface area contributed by atoms with E-state index in [1.807, 2.05) is 24.4 Å². The van der Waals surface area contributed by atoms with Gasteiger partial charge in [-0.1, -0.05) is 103 Å². The number of rotatable bonds is 4. The second-order valence-corrected chi connectivity index (χ2v) is 12.1. The molecule has 6 aromatic carbocycles. The fraction of sp³-hybridized carbons (Fsp3) is 0. The maximum atomic E-state index is 6.06. The Bertz CT molecular complexity index is 2230. The molecule has 2 heterocycles. The molecule has 0 unspecified atom stereocenters. The molecule has 0 radical (unpaired) electrons. The van der Waals surface area contributed by atoms with Crippen LogP contribution in [0.25, 0.3) is 75.6 Å². The van der Waals surface area contributed by atoms with Crippen LogP contribution >= 0.6 is 22.9 Å². The van der Waals surface area contributed by atoms with E-state index in [-0.39, 0.29) is 0 Å². The first-order chi connectivity index (χ1) is 20.7. The van der Waals surface area contributed by atoms with E-state index in [4.69, 9.17) is 11.6 Å². The molecule has 2 aromatic heterocycles. The molecule has 8 aromatic rings. The molecule has 0 saturated heterocycles. The van der Waals surface area contributed by atoms with Crippen LogP contribution in [0, 0.1) is 0 Å². The molecule has 8 rings (SSSR count). The SMILES string of the molecule is Clc1ccc(-c2ccc(-c3ccc4ccc(-c5ccc(-c6ccc7sc8ncccc8c7c6)cc5)cc4c3)cc2)cc1. The topological polar surface area (TPSA) is 12.9 Å². The number of nitrogens with zero attached hydrogens (tertiary/aromatic N) is 1. The summed E-state index contributed by atoms with van der Waals surface area (Å²) in [6, 6.07) is 50.0. The van der Waals surface area contributed by atoms with Gasteiger partial charge in [0.05, 0.1) is 0 Å². The van der Waals surface area contributed by atoms with Gasteiger partial charge in [-0.25, -0.2) is 4.98 Å². The minimum Gasteiger partial charge on any atom is -0.245 e. The minimum atomic E-state index is 0.754. The molecular formula is C39H24ClNS. The Labute approximate surface area is 253 Å². The van der Waals surface area contributed by atoms with Gasteiger partial charge in [-0.05, 0) is 104 Å². The Hall–Kier alpha value is -4.76. The lowest BCUT2D eigenvalue weighted by Gasteiger charge is -2.09. The van der Waals surface area contributed by atoms with E-state index in [0.717, 1.165) is 15.4 Å². The molecule has 0 N–H and O–H groups in total. The Morgan fingerprint density at radius 2 is 0.905 bits per heavy atom. The highest BCUT2D eigenvalue weighted by Gasteiger charge is 2.09. The maximum absolute atomic E-state index is 6.06. The van der Waals surface area contributed by atoms with Crippen molar-refractivity contribution in [3.05, 3.63) is 151 Å². The number of benzene rings is 6. The van der Waals surface area contributed by atoms with Crippen molar-refractivity contribution in [2.45, 2.75) is 0 Å². The molecule has 0 amide bonds. The molecule has 198 valence electrons. The second-order valence-electron chi connectivity index (χ2n) is 10.6. The summed E-state index contributed by atoms with van der Waals surface area (Å²) in [5.41, 5.74) is 9.64. The smallest absolute Gasteiger partial charge is 0.124 e. The lowest BCUT2D eigenvalue weighted by atomic mass is 9.95. The zero-order chi connectivity index (χ0) is 28.0. The van der Waals surface area contributed by atoms with Gasteiger partial charge in [0.2, 0.25) is 0 Å². The van der Waals surface area contributed by atoms with Gasteiger partial charge >= 0.3 is 0 Å². The Morgan fingerprint density at radius 1 is 0.429 bits per heavy atom. The Balaban J connectivity index is 1.08. The summed E-state index contributed by atoms with van der Waals surface area (Å²) in [5.74, 6) is 0. The van der Waals surface area contributed by atoms with Crippen LogP contribution < -0.4 is 0 Å². The molecule has 1 nitrogen and oxygen atoms in total. The molecule has 42 heavy (non-hydrogen) atoms. The van der Waals surface area contributed by atoms with Crippen LogP contribution in [-0.4, -0.2) is 4.98 Å². The first kappa shape index (κ1) is 25.0. The predicted molar refractivity (Wildman–Crippen MR) is 181 cm³/mol. The van der Waals surface area contributed by atoms with Crippen LogP contribution in [0.15, 0.2) is 146 Å². The van der Waals surface area contributed by atoms with Crippen molar-refractivity contribution >= 4 is 54.0 Å². The number of thiophene rings is 1. The average Bonchev–Trinajstić information content (AvgIpc) is 3.43. The third-order valence-corrected chi connectivity index (χ3v) is 9.38. The highest BCUT2D eigenvalue weighted by molar-refractivity contribution is 7.25. The molecule has 0 bridgehead atoms. The summed E-state index contributed by atoms with van der Waals surface area (Å²) in [6.45, 7) is 0. The third kappa shape index (κ3) is 4.55. The van der Waals surface area contributed by atoms with Gasteiger partial charge in [0, 0.05) is 26.7 Å². The van der Waals surface area contributed by atoms with Crippen LogP contribution in [0.2, 0.25) is 5.02 Å². The van der Waals surface area contributed by atoms with E-state index < -0.39 is 0 Å².